The smallest absolute Gasteiger partial charge is 0.253 e. The Bertz CT molecular complexity index is 459. The summed E-state index contributed by atoms with van der Waals surface area (Å²) in [6, 6.07) is 5.48. The minimum absolute atomic E-state index is 0.109. The van der Waals surface area contributed by atoms with Crippen molar-refractivity contribution in [2.45, 2.75) is 6.92 Å². The Labute approximate surface area is 127 Å². The minimum atomic E-state index is 0.109. The van der Waals surface area contributed by atoms with Crippen LogP contribution in [0.25, 0.3) is 0 Å². The summed E-state index contributed by atoms with van der Waals surface area (Å²) in [5, 5.41) is 1.69. The summed E-state index contributed by atoms with van der Waals surface area (Å²) in [5.41, 5.74) is 1.68. The van der Waals surface area contributed by atoms with E-state index in [0.29, 0.717) is 5.02 Å². The molecule has 1 heterocycles. The predicted molar refractivity (Wildman–Crippen MR) is 82.3 cm³/mol. The Balaban J connectivity index is 1.99. The molecule has 1 aliphatic rings. The summed E-state index contributed by atoms with van der Waals surface area (Å²) in [6.07, 6.45) is 0. The monoisotopic (exact) mass is 344 g/mol. The molecule has 0 aliphatic carbocycles. The number of alkyl halides is 1. The van der Waals surface area contributed by atoms with Gasteiger partial charge in [-0.15, -0.1) is 0 Å². The molecule has 0 saturated carbocycles. The number of nitrogens with zero attached hydrogens (tertiary/aromatic N) is 2. The Hall–Kier alpha value is -0.580. The maximum absolute atomic E-state index is 12.4. The van der Waals surface area contributed by atoms with Crippen molar-refractivity contribution >= 4 is 33.4 Å². The Morgan fingerprint density at radius 3 is 2.58 bits per heavy atom. The third kappa shape index (κ3) is 3.71. The average molecular weight is 346 g/mol. The fourth-order valence-corrected chi connectivity index (χ4v) is 2.87. The van der Waals surface area contributed by atoms with E-state index in [1.54, 1.807) is 6.07 Å². The van der Waals surface area contributed by atoms with Gasteiger partial charge in [-0.05, 0) is 30.7 Å². The van der Waals surface area contributed by atoms with E-state index >= 15 is 0 Å². The highest BCUT2D eigenvalue weighted by molar-refractivity contribution is 9.09. The first-order valence-electron chi connectivity index (χ1n) is 6.45. The summed E-state index contributed by atoms with van der Waals surface area (Å²) in [7, 11) is 0. The molecule has 1 amide bonds. The van der Waals surface area contributed by atoms with Crippen LogP contribution in [0, 0.1) is 6.92 Å². The second-order valence-corrected chi connectivity index (χ2v) is 5.99. The van der Waals surface area contributed by atoms with Crippen molar-refractivity contribution in [2.75, 3.05) is 38.1 Å². The molecule has 5 heteroatoms. The van der Waals surface area contributed by atoms with Crippen LogP contribution in [-0.4, -0.2) is 53.8 Å². The molecule has 0 radical (unpaired) electrons. The van der Waals surface area contributed by atoms with Crippen LogP contribution in [0.4, 0.5) is 0 Å². The molecule has 19 heavy (non-hydrogen) atoms. The number of aryl methyl sites for hydroxylation is 1. The molecule has 1 aliphatic heterocycles. The number of halogens is 2. The molecule has 3 nitrogen and oxygen atoms in total. The third-order valence-corrected chi connectivity index (χ3v) is 4.24. The van der Waals surface area contributed by atoms with Gasteiger partial charge in [-0.25, -0.2) is 0 Å². The number of benzene rings is 1. The summed E-state index contributed by atoms with van der Waals surface area (Å²) in [6.45, 7) is 6.46. The van der Waals surface area contributed by atoms with Gasteiger partial charge in [0.1, 0.15) is 0 Å². The zero-order chi connectivity index (χ0) is 13.8. The number of piperazine rings is 1. The SMILES string of the molecule is Cc1cc(C(=O)N2CCN(CCBr)CC2)ccc1Cl. The number of amides is 1. The van der Waals surface area contributed by atoms with Crippen LogP contribution in [0.5, 0.6) is 0 Å². The van der Waals surface area contributed by atoms with Gasteiger partial charge in [0.15, 0.2) is 0 Å². The molecule has 0 unspecified atom stereocenters. The number of hydrogen-bond acceptors (Lipinski definition) is 2. The normalized spacial score (nSPS) is 16.7. The number of hydrogen-bond donors (Lipinski definition) is 0. The lowest BCUT2D eigenvalue weighted by Gasteiger charge is -2.34. The summed E-state index contributed by atoms with van der Waals surface area (Å²) < 4.78 is 0. The highest BCUT2D eigenvalue weighted by Crippen LogP contribution is 2.18. The van der Waals surface area contributed by atoms with E-state index in [0.717, 1.165) is 49.2 Å². The van der Waals surface area contributed by atoms with Crippen molar-refractivity contribution in [1.29, 1.82) is 0 Å². The molecule has 1 saturated heterocycles. The first-order valence-corrected chi connectivity index (χ1v) is 7.95. The quantitative estimate of drug-likeness (QED) is 0.787. The van der Waals surface area contributed by atoms with Crippen LogP contribution >= 0.6 is 27.5 Å². The van der Waals surface area contributed by atoms with Crippen molar-refractivity contribution in [2.24, 2.45) is 0 Å². The standard InChI is InChI=1S/C14H18BrClN2O/c1-11-10-12(2-3-13(11)16)14(19)18-8-6-17(5-4-15)7-9-18/h2-3,10H,4-9H2,1H3. The Morgan fingerprint density at radius 1 is 1.32 bits per heavy atom. The van der Waals surface area contributed by atoms with Crippen LogP contribution in [0.1, 0.15) is 15.9 Å². The van der Waals surface area contributed by atoms with Gasteiger partial charge in [0.05, 0.1) is 0 Å². The van der Waals surface area contributed by atoms with Crippen molar-refractivity contribution < 1.29 is 4.79 Å². The second-order valence-electron chi connectivity index (χ2n) is 4.79. The van der Waals surface area contributed by atoms with Crippen LogP contribution in [0.15, 0.2) is 18.2 Å². The van der Waals surface area contributed by atoms with Crippen LogP contribution in [0.3, 0.4) is 0 Å². The largest absolute Gasteiger partial charge is 0.336 e. The molecular formula is C14H18BrClN2O. The highest BCUT2D eigenvalue weighted by atomic mass is 79.9. The van der Waals surface area contributed by atoms with Gasteiger partial charge in [-0.1, -0.05) is 27.5 Å². The van der Waals surface area contributed by atoms with Gasteiger partial charge in [0, 0.05) is 48.6 Å². The molecule has 0 N–H and O–H groups in total. The maximum Gasteiger partial charge on any atom is 0.253 e. The molecule has 1 fully saturated rings. The Morgan fingerprint density at radius 2 is 2.00 bits per heavy atom. The average Bonchev–Trinajstić information content (AvgIpc) is 2.42. The zero-order valence-corrected chi connectivity index (χ0v) is 13.4. The molecule has 104 valence electrons. The van der Waals surface area contributed by atoms with Crippen molar-refractivity contribution in [3.05, 3.63) is 34.3 Å². The van der Waals surface area contributed by atoms with Crippen molar-refractivity contribution in [3.63, 3.8) is 0 Å². The first-order chi connectivity index (χ1) is 9.11. The molecular weight excluding hydrogens is 328 g/mol. The molecule has 0 spiro atoms. The predicted octanol–water partition coefficient (Wildman–Crippen LogP) is 2.80. The van der Waals surface area contributed by atoms with Gasteiger partial charge in [0.25, 0.3) is 5.91 Å². The summed E-state index contributed by atoms with van der Waals surface area (Å²) in [4.78, 5) is 16.7. The van der Waals surface area contributed by atoms with E-state index in [1.807, 2.05) is 24.0 Å². The van der Waals surface area contributed by atoms with Gasteiger partial charge >= 0.3 is 0 Å². The molecule has 0 atom stereocenters. The van der Waals surface area contributed by atoms with Crippen LogP contribution in [-0.2, 0) is 0 Å². The van der Waals surface area contributed by atoms with E-state index in [1.165, 1.54) is 0 Å². The zero-order valence-electron chi connectivity index (χ0n) is 11.0. The van der Waals surface area contributed by atoms with E-state index in [4.69, 9.17) is 11.6 Å². The lowest BCUT2D eigenvalue weighted by Crippen LogP contribution is -2.49. The fraction of sp³-hybridized carbons (Fsp3) is 0.500. The van der Waals surface area contributed by atoms with Crippen LogP contribution < -0.4 is 0 Å². The summed E-state index contributed by atoms with van der Waals surface area (Å²) >= 11 is 9.43. The van der Waals surface area contributed by atoms with Crippen molar-refractivity contribution in [1.82, 2.24) is 9.80 Å². The van der Waals surface area contributed by atoms with Crippen molar-refractivity contribution in [3.8, 4) is 0 Å². The second kappa shape index (κ2) is 6.73. The van der Waals surface area contributed by atoms with E-state index in [2.05, 4.69) is 20.8 Å². The number of carbonyl (C=O) groups is 1. The van der Waals surface area contributed by atoms with E-state index in [9.17, 15) is 4.79 Å². The third-order valence-electron chi connectivity index (χ3n) is 3.47. The number of carbonyl (C=O) groups excluding carboxylic acids is 1. The molecule has 1 aromatic rings. The maximum atomic E-state index is 12.4. The number of rotatable bonds is 3. The molecule has 0 bridgehead atoms. The lowest BCUT2D eigenvalue weighted by atomic mass is 10.1. The summed E-state index contributed by atoms with van der Waals surface area (Å²) in [5.74, 6) is 0.109. The molecule has 0 aromatic heterocycles. The topological polar surface area (TPSA) is 23.6 Å². The fourth-order valence-electron chi connectivity index (χ4n) is 2.25. The minimum Gasteiger partial charge on any atom is -0.336 e. The molecule has 2 rings (SSSR count). The highest BCUT2D eigenvalue weighted by Gasteiger charge is 2.21. The van der Waals surface area contributed by atoms with Gasteiger partial charge in [-0.3, -0.25) is 9.69 Å². The Kier molecular flexibility index (Phi) is 5.25. The first kappa shape index (κ1) is 14.8. The van der Waals surface area contributed by atoms with Gasteiger partial charge in [-0.2, -0.15) is 0 Å². The van der Waals surface area contributed by atoms with E-state index in [-0.39, 0.29) is 5.91 Å². The van der Waals surface area contributed by atoms with Gasteiger partial charge < -0.3 is 4.90 Å². The van der Waals surface area contributed by atoms with Crippen LogP contribution in [0.2, 0.25) is 5.02 Å². The lowest BCUT2D eigenvalue weighted by molar-refractivity contribution is 0.0645. The van der Waals surface area contributed by atoms with Gasteiger partial charge in [0.2, 0.25) is 0 Å². The van der Waals surface area contributed by atoms with E-state index < -0.39 is 0 Å². The molecule has 1 aromatic carbocycles.